The Balaban J connectivity index is 2.10. The number of rotatable bonds is 3. The van der Waals surface area contributed by atoms with E-state index in [0.29, 0.717) is 5.78 Å². The average molecular weight is 232 g/mol. The van der Waals surface area contributed by atoms with Gasteiger partial charge in [0.2, 0.25) is 0 Å². The summed E-state index contributed by atoms with van der Waals surface area (Å²) < 4.78 is 0. The first-order chi connectivity index (χ1) is 7.81. The van der Waals surface area contributed by atoms with Crippen molar-refractivity contribution >= 4 is 23.4 Å². The highest BCUT2D eigenvalue weighted by atomic mass is 32.1. The van der Waals surface area contributed by atoms with Gasteiger partial charge in [-0.2, -0.15) is 0 Å². The van der Waals surface area contributed by atoms with Gasteiger partial charge in [-0.3, -0.25) is 4.79 Å². The number of Topliss-reactive ketones (excluding diaryl/α,β-unsaturated/α-hetero) is 1. The molecule has 0 spiro atoms. The molecular weight excluding hydrogens is 216 g/mol. The van der Waals surface area contributed by atoms with Crippen LogP contribution in [0.15, 0.2) is 24.3 Å². The quantitative estimate of drug-likeness (QED) is 0.582. The van der Waals surface area contributed by atoms with Crippen LogP contribution in [0.3, 0.4) is 0 Å². The second kappa shape index (κ2) is 5.35. The van der Waals surface area contributed by atoms with Crippen molar-refractivity contribution in [3.63, 3.8) is 0 Å². The van der Waals surface area contributed by atoms with Crippen LogP contribution in [0.2, 0.25) is 0 Å². The standard InChI is InChI=1S/C14H16OS/c15-14(12-4-2-1-3-5-12)13-8-6-11(10-16)7-9-13/h6-10,12H,1-5H2. The Labute approximate surface area is 102 Å². The summed E-state index contributed by atoms with van der Waals surface area (Å²) in [7, 11) is 0. The summed E-state index contributed by atoms with van der Waals surface area (Å²) in [5, 5.41) is 1.63. The van der Waals surface area contributed by atoms with Crippen LogP contribution in [-0.4, -0.2) is 11.2 Å². The molecule has 0 aromatic heterocycles. The Morgan fingerprint density at radius 3 is 2.31 bits per heavy atom. The highest BCUT2D eigenvalue weighted by Crippen LogP contribution is 2.26. The maximum Gasteiger partial charge on any atom is 0.165 e. The lowest BCUT2D eigenvalue weighted by molar-refractivity contribution is 0.0889. The normalized spacial score (nSPS) is 17.0. The zero-order valence-electron chi connectivity index (χ0n) is 9.32. The van der Waals surface area contributed by atoms with Crippen LogP contribution in [0.5, 0.6) is 0 Å². The van der Waals surface area contributed by atoms with Gasteiger partial charge in [-0.25, -0.2) is 0 Å². The molecule has 0 atom stereocenters. The molecule has 0 saturated heterocycles. The molecule has 1 aromatic rings. The Morgan fingerprint density at radius 2 is 1.75 bits per heavy atom. The Morgan fingerprint density at radius 1 is 1.12 bits per heavy atom. The summed E-state index contributed by atoms with van der Waals surface area (Å²) in [5.41, 5.74) is 1.84. The molecule has 1 saturated carbocycles. The molecule has 2 rings (SSSR count). The molecule has 1 fully saturated rings. The topological polar surface area (TPSA) is 17.1 Å². The van der Waals surface area contributed by atoms with Gasteiger partial charge in [0.25, 0.3) is 0 Å². The van der Waals surface area contributed by atoms with E-state index in [0.717, 1.165) is 24.0 Å². The molecule has 0 N–H and O–H groups in total. The Kier molecular flexibility index (Phi) is 3.83. The van der Waals surface area contributed by atoms with E-state index in [1.807, 2.05) is 24.3 Å². The molecule has 0 bridgehead atoms. The van der Waals surface area contributed by atoms with E-state index in [9.17, 15) is 4.79 Å². The van der Waals surface area contributed by atoms with Crippen LogP contribution in [0, 0.1) is 5.92 Å². The van der Waals surface area contributed by atoms with E-state index >= 15 is 0 Å². The van der Waals surface area contributed by atoms with Crippen LogP contribution in [0.25, 0.3) is 0 Å². The summed E-state index contributed by atoms with van der Waals surface area (Å²) >= 11 is 4.84. The number of benzene rings is 1. The summed E-state index contributed by atoms with van der Waals surface area (Å²) in [5.74, 6) is 0.572. The van der Waals surface area contributed by atoms with Gasteiger partial charge in [-0.1, -0.05) is 55.7 Å². The second-order valence-corrected chi connectivity index (χ2v) is 4.67. The predicted molar refractivity (Wildman–Crippen MR) is 70.1 cm³/mol. The smallest absolute Gasteiger partial charge is 0.165 e. The Bertz CT molecular complexity index is 374. The fraction of sp³-hybridized carbons (Fsp3) is 0.429. The highest BCUT2D eigenvalue weighted by molar-refractivity contribution is 7.79. The van der Waals surface area contributed by atoms with Gasteiger partial charge in [0.05, 0.1) is 0 Å². The maximum atomic E-state index is 12.2. The number of hydrogen-bond donors (Lipinski definition) is 0. The van der Waals surface area contributed by atoms with Crippen LogP contribution in [0.4, 0.5) is 0 Å². The minimum absolute atomic E-state index is 0.257. The lowest BCUT2D eigenvalue weighted by Gasteiger charge is -2.20. The van der Waals surface area contributed by atoms with E-state index < -0.39 is 0 Å². The van der Waals surface area contributed by atoms with Crippen molar-refractivity contribution in [3.05, 3.63) is 35.4 Å². The van der Waals surface area contributed by atoms with Crippen LogP contribution in [0.1, 0.15) is 48.0 Å². The van der Waals surface area contributed by atoms with Crippen molar-refractivity contribution in [2.24, 2.45) is 5.92 Å². The monoisotopic (exact) mass is 232 g/mol. The predicted octanol–water partition coefficient (Wildman–Crippen LogP) is 3.80. The van der Waals surface area contributed by atoms with Gasteiger partial charge in [0, 0.05) is 16.8 Å². The van der Waals surface area contributed by atoms with E-state index in [1.54, 1.807) is 5.37 Å². The van der Waals surface area contributed by atoms with Gasteiger partial charge in [0.1, 0.15) is 0 Å². The molecule has 0 amide bonds. The number of carbonyl (C=O) groups excluding carboxylic acids is 1. The minimum atomic E-state index is 0.257. The minimum Gasteiger partial charge on any atom is -0.294 e. The van der Waals surface area contributed by atoms with Crippen molar-refractivity contribution in [3.8, 4) is 0 Å². The van der Waals surface area contributed by atoms with Crippen LogP contribution < -0.4 is 0 Å². The first-order valence-electron chi connectivity index (χ1n) is 5.91. The van der Waals surface area contributed by atoms with Crippen molar-refractivity contribution in [1.82, 2.24) is 0 Å². The fourth-order valence-electron chi connectivity index (χ4n) is 2.33. The lowest BCUT2D eigenvalue weighted by atomic mass is 9.84. The number of carbonyl (C=O) groups is 1. The number of ketones is 1. The van der Waals surface area contributed by atoms with Crippen molar-refractivity contribution < 1.29 is 4.79 Å². The van der Waals surface area contributed by atoms with E-state index in [-0.39, 0.29) is 5.92 Å². The third-order valence-corrected chi connectivity index (χ3v) is 3.58. The van der Waals surface area contributed by atoms with Crippen molar-refractivity contribution in [2.45, 2.75) is 32.1 Å². The zero-order chi connectivity index (χ0) is 11.4. The molecule has 0 unspecified atom stereocenters. The molecule has 84 valence electrons. The largest absolute Gasteiger partial charge is 0.294 e. The van der Waals surface area contributed by atoms with E-state index in [4.69, 9.17) is 12.2 Å². The summed E-state index contributed by atoms with van der Waals surface area (Å²) in [6.45, 7) is 0. The molecule has 1 aliphatic rings. The molecule has 0 radical (unpaired) electrons. The van der Waals surface area contributed by atoms with Gasteiger partial charge in [0.15, 0.2) is 5.78 Å². The summed E-state index contributed by atoms with van der Waals surface area (Å²) in [4.78, 5) is 12.2. The van der Waals surface area contributed by atoms with Gasteiger partial charge >= 0.3 is 0 Å². The van der Waals surface area contributed by atoms with E-state index in [2.05, 4.69) is 0 Å². The SMILES string of the molecule is O=C(c1ccc(C=S)cc1)C1CCCCC1. The Hall–Kier alpha value is -1.02. The second-order valence-electron chi connectivity index (χ2n) is 4.44. The molecule has 1 nitrogen and oxygen atoms in total. The molecule has 2 heteroatoms. The molecule has 1 aliphatic carbocycles. The maximum absolute atomic E-state index is 12.2. The fourth-order valence-corrected chi connectivity index (χ4v) is 2.48. The lowest BCUT2D eigenvalue weighted by Crippen LogP contribution is -2.17. The molecule has 0 heterocycles. The number of thiocarbonyl (C=S) groups is 1. The van der Waals surface area contributed by atoms with Gasteiger partial charge < -0.3 is 0 Å². The summed E-state index contributed by atoms with van der Waals surface area (Å²) in [6.07, 6.45) is 5.82. The van der Waals surface area contributed by atoms with E-state index in [1.165, 1.54) is 19.3 Å². The van der Waals surface area contributed by atoms with Crippen molar-refractivity contribution in [1.29, 1.82) is 0 Å². The van der Waals surface area contributed by atoms with Crippen molar-refractivity contribution in [2.75, 3.05) is 0 Å². The third kappa shape index (κ3) is 2.56. The highest BCUT2D eigenvalue weighted by Gasteiger charge is 2.21. The van der Waals surface area contributed by atoms with Crippen LogP contribution in [-0.2, 0) is 0 Å². The van der Waals surface area contributed by atoms with Gasteiger partial charge in [-0.15, -0.1) is 0 Å². The first-order valence-corrected chi connectivity index (χ1v) is 6.38. The first kappa shape index (κ1) is 11.5. The summed E-state index contributed by atoms with van der Waals surface area (Å²) in [6, 6.07) is 7.64. The van der Waals surface area contributed by atoms with Gasteiger partial charge in [-0.05, 0) is 18.4 Å². The third-order valence-electron chi connectivity index (χ3n) is 3.31. The molecule has 1 aromatic carbocycles. The zero-order valence-corrected chi connectivity index (χ0v) is 10.1. The average Bonchev–Trinajstić information content (AvgIpc) is 2.39. The van der Waals surface area contributed by atoms with Crippen LogP contribution >= 0.6 is 12.2 Å². The molecule has 0 aliphatic heterocycles. The number of hydrogen-bond acceptors (Lipinski definition) is 2. The molecule has 16 heavy (non-hydrogen) atoms. The molecular formula is C14H16OS.